The molecule has 0 saturated heterocycles. The number of nitrogens with zero attached hydrogens (tertiary/aromatic N) is 3. The van der Waals surface area contributed by atoms with Crippen LogP contribution in [0.2, 0.25) is 0 Å². The van der Waals surface area contributed by atoms with E-state index >= 15 is 0 Å². The summed E-state index contributed by atoms with van der Waals surface area (Å²) in [4.78, 5) is 20.3. The number of hydrogen-bond donors (Lipinski definition) is 0. The van der Waals surface area contributed by atoms with E-state index in [-0.39, 0.29) is 5.97 Å². The van der Waals surface area contributed by atoms with Crippen molar-refractivity contribution in [3.63, 3.8) is 0 Å². The van der Waals surface area contributed by atoms with Gasteiger partial charge in [-0.25, -0.2) is 14.8 Å². The van der Waals surface area contributed by atoms with Gasteiger partial charge in [0.1, 0.15) is 0 Å². The third kappa shape index (κ3) is 2.40. The zero-order valence-corrected chi connectivity index (χ0v) is 11.7. The molecule has 1 aliphatic rings. The lowest BCUT2D eigenvalue weighted by Gasteiger charge is -2.22. The number of fused-ring (bicyclic) bond motifs is 1. The first-order valence-electron chi connectivity index (χ1n) is 7.30. The molecule has 2 aromatic heterocycles. The predicted octanol–water partition coefficient (Wildman–Crippen LogP) is 2.95. The summed E-state index contributed by atoms with van der Waals surface area (Å²) in [5.41, 5.74) is 1.54. The van der Waals surface area contributed by atoms with Crippen LogP contribution in [0.3, 0.4) is 0 Å². The smallest absolute Gasteiger partial charge is 0.358 e. The molecule has 0 unspecified atom stereocenters. The van der Waals surface area contributed by atoms with Crippen molar-refractivity contribution in [2.24, 2.45) is 0 Å². The van der Waals surface area contributed by atoms with Crippen molar-refractivity contribution < 1.29 is 9.53 Å². The van der Waals surface area contributed by atoms with Crippen LogP contribution in [0.4, 0.5) is 0 Å². The molecule has 0 amide bonds. The van der Waals surface area contributed by atoms with Crippen LogP contribution in [-0.2, 0) is 4.74 Å². The molecular formula is C15H19N3O2. The lowest BCUT2D eigenvalue weighted by molar-refractivity contribution is 0.0520. The van der Waals surface area contributed by atoms with Gasteiger partial charge in [0.2, 0.25) is 5.78 Å². The third-order valence-corrected chi connectivity index (χ3v) is 3.91. The molecule has 5 heteroatoms. The highest BCUT2D eigenvalue weighted by Gasteiger charge is 2.20. The van der Waals surface area contributed by atoms with E-state index in [0.29, 0.717) is 24.0 Å². The van der Waals surface area contributed by atoms with Gasteiger partial charge >= 0.3 is 5.97 Å². The standard InChI is InChI=1S/C15H19N3O2/c1-2-20-14(19)12-10-18-13(8-9-16-15(18)17-12)11-6-4-3-5-7-11/h8-11H,2-7H2,1H3. The minimum Gasteiger partial charge on any atom is -0.461 e. The second-order valence-corrected chi connectivity index (χ2v) is 5.22. The van der Waals surface area contributed by atoms with Crippen molar-refractivity contribution in [2.45, 2.75) is 44.9 Å². The molecule has 106 valence electrons. The Morgan fingerprint density at radius 1 is 1.40 bits per heavy atom. The molecule has 1 aliphatic carbocycles. The van der Waals surface area contributed by atoms with E-state index in [2.05, 4.69) is 9.97 Å². The van der Waals surface area contributed by atoms with Crippen molar-refractivity contribution >= 4 is 11.7 Å². The van der Waals surface area contributed by atoms with Gasteiger partial charge < -0.3 is 4.74 Å². The van der Waals surface area contributed by atoms with Crippen LogP contribution in [0.1, 0.15) is 61.1 Å². The second-order valence-electron chi connectivity index (χ2n) is 5.22. The summed E-state index contributed by atoms with van der Waals surface area (Å²) in [6.07, 6.45) is 9.80. The normalized spacial score (nSPS) is 16.4. The molecule has 1 saturated carbocycles. The summed E-state index contributed by atoms with van der Waals surface area (Å²) >= 11 is 0. The van der Waals surface area contributed by atoms with Crippen LogP contribution in [0.25, 0.3) is 5.78 Å². The van der Waals surface area contributed by atoms with Crippen LogP contribution >= 0.6 is 0 Å². The fraction of sp³-hybridized carbons (Fsp3) is 0.533. The fourth-order valence-electron chi connectivity index (χ4n) is 2.95. The van der Waals surface area contributed by atoms with Gasteiger partial charge in [0.15, 0.2) is 5.69 Å². The minimum absolute atomic E-state index is 0.336. The molecule has 3 rings (SSSR count). The van der Waals surface area contributed by atoms with Crippen molar-refractivity contribution in [3.8, 4) is 0 Å². The highest BCUT2D eigenvalue weighted by atomic mass is 16.5. The maximum atomic E-state index is 11.8. The summed E-state index contributed by atoms with van der Waals surface area (Å²) in [5, 5.41) is 0. The summed E-state index contributed by atoms with van der Waals surface area (Å²) in [6, 6.07) is 2.04. The summed E-state index contributed by atoms with van der Waals surface area (Å²) < 4.78 is 6.95. The second kappa shape index (κ2) is 5.61. The third-order valence-electron chi connectivity index (χ3n) is 3.91. The van der Waals surface area contributed by atoms with Crippen LogP contribution < -0.4 is 0 Å². The number of ether oxygens (including phenoxy) is 1. The topological polar surface area (TPSA) is 56.5 Å². The predicted molar refractivity (Wildman–Crippen MR) is 74.8 cm³/mol. The Bertz CT molecular complexity index is 615. The number of imidazole rings is 1. The van der Waals surface area contributed by atoms with Gasteiger partial charge in [-0.1, -0.05) is 19.3 Å². The Balaban J connectivity index is 1.98. The lowest BCUT2D eigenvalue weighted by Crippen LogP contribution is -2.09. The molecule has 2 heterocycles. The molecule has 2 aromatic rings. The molecule has 5 nitrogen and oxygen atoms in total. The largest absolute Gasteiger partial charge is 0.461 e. The molecule has 0 N–H and O–H groups in total. The number of carbonyl (C=O) groups excluding carboxylic acids is 1. The first-order valence-corrected chi connectivity index (χ1v) is 7.30. The van der Waals surface area contributed by atoms with Crippen LogP contribution in [-0.4, -0.2) is 26.9 Å². The van der Waals surface area contributed by atoms with Gasteiger partial charge in [-0.3, -0.25) is 4.40 Å². The van der Waals surface area contributed by atoms with E-state index in [1.807, 2.05) is 10.5 Å². The van der Waals surface area contributed by atoms with Crippen LogP contribution in [0.5, 0.6) is 0 Å². The van der Waals surface area contributed by atoms with E-state index in [9.17, 15) is 4.79 Å². The minimum atomic E-state index is -0.382. The zero-order valence-electron chi connectivity index (χ0n) is 11.7. The Kier molecular flexibility index (Phi) is 3.67. The number of hydrogen-bond acceptors (Lipinski definition) is 4. The average Bonchev–Trinajstić information content (AvgIpc) is 2.92. The van der Waals surface area contributed by atoms with Crippen molar-refractivity contribution in [2.75, 3.05) is 6.61 Å². The van der Waals surface area contributed by atoms with E-state index in [0.717, 1.165) is 0 Å². The Morgan fingerprint density at radius 3 is 2.95 bits per heavy atom. The number of rotatable bonds is 3. The summed E-state index contributed by atoms with van der Waals surface area (Å²) in [7, 11) is 0. The molecule has 0 bridgehead atoms. The van der Waals surface area contributed by atoms with Crippen LogP contribution in [0, 0.1) is 0 Å². The number of aromatic nitrogens is 3. The van der Waals surface area contributed by atoms with Gasteiger partial charge in [-0.2, -0.15) is 0 Å². The lowest BCUT2D eigenvalue weighted by atomic mass is 9.87. The van der Waals surface area contributed by atoms with E-state index in [1.54, 1.807) is 19.3 Å². The zero-order chi connectivity index (χ0) is 13.9. The SMILES string of the molecule is CCOC(=O)c1cn2c(C3CCCCC3)ccnc2n1. The molecule has 1 fully saturated rings. The van der Waals surface area contributed by atoms with Gasteiger partial charge in [-0.15, -0.1) is 0 Å². The Morgan fingerprint density at radius 2 is 2.20 bits per heavy atom. The molecule has 0 aromatic carbocycles. The average molecular weight is 273 g/mol. The Labute approximate surface area is 118 Å². The quantitative estimate of drug-likeness (QED) is 0.807. The van der Waals surface area contributed by atoms with E-state index < -0.39 is 0 Å². The first-order chi connectivity index (χ1) is 9.79. The molecule has 20 heavy (non-hydrogen) atoms. The van der Waals surface area contributed by atoms with Gasteiger partial charge in [0.05, 0.1) is 6.61 Å². The van der Waals surface area contributed by atoms with E-state index in [4.69, 9.17) is 4.74 Å². The first kappa shape index (κ1) is 13.1. The highest BCUT2D eigenvalue weighted by molar-refractivity contribution is 5.87. The monoisotopic (exact) mass is 273 g/mol. The van der Waals surface area contributed by atoms with Gasteiger partial charge in [0, 0.05) is 18.1 Å². The highest BCUT2D eigenvalue weighted by Crippen LogP contribution is 2.32. The van der Waals surface area contributed by atoms with E-state index in [1.165, 1.54) is 37.8 Å². The van der Waals surface area contributed by atoms with Gasteiger partial charge in [0.25, 0.3) is 0 Å². The van der Waals surface area contributed by atoms with Gasteiger partial charge in [-0.05, 0) is 31.7 Å². The Hall–Kier alpha value is -1.91. The molecule has 0 aliphatic heterocycles. The van der Waals surface area contributed by atoms with Crippen molar-refractivity contribution in [3.05, 3.63) is 29.8 Å². The molecule has 0 spiro atoms. The molecular weight excluding hydrogens is 254 g/mol. The van der Waals surface area contributed by atoms with Crippen LogP contribution in [0.15, 0.2) is 18.5 Å². The number of carbonyl (C=O) groups is 1. The number of esters is 1. The maximum absolute atomic E-state index is 11.8. The van der Waals surface area contributed by atoms with Crippen molar-refractivity contribution in [1.82, 2.24) is 14.4 Å². The molecule has 0 radical (unpaired) electrons. The molecule has 0 atom stereocenters. The van der Waals surface area contributed by atoms with Crippen molar-refractivity contribution in [1.29, 1.82) is 0 Å². The fourth-order valence-corrected chi connectivity index (χ4v) is 2.95. The maximum Gasteiger partial charge on any atom is 0.358 e. The summed E-state index contributed by atoms with van der Waals surface area (Å²) in [5.74, 6) is 0.738. The summed E-state index contributed by atoms with van der Waals surface area (Å²) in [6.45, 7) is 2.15.